The maximum absolute atomic E-state index is 10.4. The van der Waals surface area contributed by atoms with Crippen LogP contribution in [0.4, 0.5) is 0 Å². The molecule has 0 fully saturated rings. The van der Waals surface area contributed by atoms with Crippen molar-refractivity contribution in [1.82, 2.24) is 0 Å². The number of phenolic OH excluding ortho intramolecular Hbond substituents is 4. The van der Waals surface area contributed by atoms with Crippen molar-refractivity contribution in [1.29, 1.82) is 0 Å². The summed E-state index contributed by atoms with van der Waals surface area (Å²) in [7, 11) is 0. The van der Waals surface area contributed by atoms with Crippen LogP contribution in [-0.2, 0) is 21.7 Å². The van der Waals surface area contributed by atoms with Crippen LogP contribution in [-0.4, -0.2) is 20.4 Å². The number of hydrogen-bond donors (Lipinski definition) is 4. The predicted octanol–water partition coefficient (Wildman–Crippen LogP) is 10.1. The molecule has 0 heterocycles. The molecule has 0 spiro atoms. The summed E-state index contributed by atoms with van der Waals surface area (Å²) < 4.78 is 0. The van der Waals surface area contributed by atoms with Crippen LogP contribution >= 0.6 is 0 Å². The molecular weight excluding hydrogens is 592 g/mol. The zero-order chi connectivity index (χ0) is 30.2. The van der Waals surface area contributed by atoms with Gasteiger partial charge in [-0.3, -0.25) is 0 Å². The van der Waals surface area contributed by atoms with Gasteiger partial charge < -0.3 is 20.4 Å². The Hall–Kier alpha value is -5.29. The summed E-state index contributed by atoms with van der Waals surface area (Å²) >= 11 is 0. The molecule has 0 atom stereocenters. The van der Waals surface area contributed by atoms with E-state index in [1.807, 2.05) is 109 Å². The fourth-order valence-electron chi connectivity index (χ4n) is 6.04. The fraction of sp³-hybridized carbons (Fsp3) is 0. The largest absolute Gasteiger partial charge is 0.508 e. The standard InChI is InChI=1S/2C20H14O2.Ti/c21-15-9-7-13-3-1-5-17(19(13)11-15)18-6-2-4-14-8-10-16(22)12-20(14)18;21-17-11-9-13-5-1-3-7-15(13)19(17)20-16-8-4-2-6-14(16)10-12-18(20)22;/h2*1-12,21-22H;. The Bertz CT molecular complexity index is 2180. The van der Waals surface area contributed by atoms with Crippen molar-refractivity contribution in [2.45, 2.75) is 0 Å². The van der Waals surface area contributed by atoms with E-state index in [1.165, 1.54) is 0 Å². The van der Waals surface area contributed by atoms with E-state index in [1.54, 1.807) is 36.4 Å². The van der Waals surface area contributed by atoms with Crippen LogP contribution in [0, 0.1) is 0 Å². The molecule has 0 saturated carbocycles. The third-order valence-electron chi connectivity index (χ3n) is 8.09. The summed E-state index contributed by atoms with van der Waals surface area (Å²) in [6, 6.07) is 45.8. The third-order valence-corrected chi connectivity index (χ3v) is 8.09. The van der Waals surface area contributed by atoms with Crippen molar-refractivity contribution in [2.75, 3.05) is 0 Å². The normalized spacial score (nSPS) is 10.8. The topological polar surface area (TPSA) is 80.9 Å². The molecule has 8 aromatic rings. The molecule has 5 heteroatoms. The van der Waals surface area contributed by atoms with Crippen LogP contribution in [0.2, 0.25) is 0 Å². The van der Waals surface area contributed by atoms with E-state index in [-0.39, 0.29) is 44.7 Å². The molecule has 0 unspecified atom stereocenters. The second kappa shape index (κ2) is 12.4. The van der Waals surface area contributed by atoms with Crippen molar-refractivity contribution in [2.24, 2.45) is 0 Å². The number of phenols is 4. The van der Waals surface area contributed by atoms with Gasteiger partial charge >= 0.3 is 0 Å². The van der Waals surface area contributed by atoms with Crippen LogP contribution in [0.25, 0.3) is 65.3 Å². The van der Waals surface area contributed by atoms with Gasteiger partial charge in [-0.15, -0.1) is 0 Å². The van der Waals surface area contributed by atoms with Crippen molar-refractivity contribution < 1.29 is 42.1 Å². The molecule has 0 aromatic heterocycles. The number of rotatable bonds is 2. The van der Waals surface area contributed by atoms with E-state index < -0.39 is 0 Å². The Labute approximate surface area is 275 Å². The zero-order valence-electron chi connectivity index (χ0n) is 24.1. The number of aromatic hydroxyl groups is 4. The van der Waals surface area contributed by atoms with Gasteiger partial charge in [0.15, 0.2) is 0 Å². The molecule has 216 valence electrons. The number of hydrogen-bond acceptors (Lipinski definition) is 4. The average Bonchev–Trinajstić information content (AvgIpc) is 3.05. The molecule has 4 nitrogen and oxygen atoms in total. The summed E-state index contributed by atoms with van der Waals surface area (Å²) in [5.41, 5.74) is 3.44. The molecular formula is C40H28O4Ti. The second-order valence-electron chi connectivity index (χ2n) is 10.8. The van der Waals surface area contributed by atoms with Gasteiger partial charge in [0.05, 0.1) is 0 Å². The van der Waals surface area contributed by atoms with E-state index in [2.05, 4.69) is 0 Å². The van der Waals surface area contributed by atoms with Gasteiger partial charge in [0, 0.05) is 32.8 Å². The van der Waals surface area contributed by atoms with Gasteiger partial charge in [0.2, 0.25) is 0 Å². The molecule has 0 aliphatic rings. The van der Waals surface area contributed by atoms with E-state index in [9.17, 15) is 20.4 Å². The minimum Gasteiger partial charge on any atom is -0.508 e. The monoisotopic (exact) mass is 620 g/mol. The summed E-state index contributed by atoms with van der Waals surface area (Å²) in [6.45, 7) is 0. The molecule has 0 aliphatic heterocycles. The van der Waals surface area contributed by atoms with E-state index in [0.29, 0.717) is 11.1 Å². The first kappa shape index (κ1) is 29.8. The minimum atomic E-state index is 0. The summed E-state index contributed by atoms with van der Waals surface area (Å²) in [6.07, 6.45) is 0. The van der Waals surface area contributed by atoms with Gasteiger partial charge in [-0.05, 0) is 90.6 Å². The number of fused-ring (bicyclic) bond motifs is 4. The van der Waals surface area contributed by atoms with Crippen LogP contribution in [0.1, 0.15) is 0 Å². The maximum Gasteiger partial charge on any atom is 0.124 e. The van der Waals surface area contributed by atoms with Crippen molar-refractivity contribution in [3.63, 3.8) is 0 Å². The predicted molar refractivity (Wildman–Crippen MR) is 180 cm³/mol. The molecule has 0 bridgehead atoms. The van der Waals surface area contributed by atoms with Gasteiger partial charge in [0.25, 0.3) is 0 Å². The molecule has 45 heavy (non-hydrogen) atoms. The Kier molecular flexibility index (Phi) is 8.19. The quantitative estimate of drug-likeness (QED) is 0.145. The minimum absolute atomic E-state index is 0. The average molecular weight is 621 g/mol. The Morgan fingerprint density at radius 1 is 0.311 bits per heavy atom. The van der Waals surface area contributed by atoms with Crippen LogP contribution < -0.4 is 0 Å². The smallest absolute Gasteiger partial charge is 0.124 e. The van der Waals surface area contributed by atoms with Gasteiger partial charge in [0.1, 0.15) is 23.0 Å². The zero-order valence-corrected chi connectivity index (χ0v) is 25.7. The fourth-order valence-corrected chi connectivity index (χ4v) is 6.04. The summed E-state index contributed by atoms with van der Waals surface area (Å²) in [4.78, 5) is 0. The molecule has 8 aromatic carbocycles. The third kappa shape index (κ3) is 5.58. The van der Waals surface area contributed by atoms with Crippen LogP contribution in [0.5, 0.6) is 23.0 Å². The van der Waals surface area contributed by atoms with E-state index in [4.69, 9.17) is 0 Å². The van der Waals surface area contributed by atoms with E-state index in [0.717, 1.165) is 54.2 Å². The van der Waals surface area contributed by atoms with Crippen molar-refractivity contribution in [3.05, 3.63) is 146 Å². The van der Waals surface area contributed by atoms with Gasteiger partial charge in [-0.2, -0.15) is 0 Å². The summed E-state index contributed by atoms with van der Waals surface area (Å²) in [5.74, 6) is 0.849. The second-order valence-corrected chi connectivity index (χ2v) is 10.8. The first-order chi connectivity index (χ1) is 21.5. The first-order valence-electron chi connectivity index (χ1n) is 14.3. The van der Waals surface area contributed by atoms with E-state index >= 15 is 0 Å². The molecule has 0 aliphatic carbocycles. The van der Waals surface area contributed by atoms with Crippen LogP contribution in [0.15, 0.2) is 146 Å². The van der Waals surface area contributed by atoms with Crippen molar-refractivity contribution in [3.8, 4) is 45.3 Å². The number of benzene rings is 8. The molecule has 4 N–H and O–H groups in total. The molecule has 0 radical (unpaired) electrons. The van der Waals surface area contributed by atoms with Crippen LogP contribution in [0.3, 0.4) is 0 Å². The first-order valence-corrected chi connectivity index (χ1v) is 14.3. The Morgan fingerprint density at radius 2 is 0.667 bits per heavy atom. The Balaban J connectivity index is 0.000000155. The SMILES string of the molecule is Oc1ccc2cccc(-c3cccc4ccc(O)cc34)c2c1.Oc1ccc2ccccc2c1-c1c(O)ccc2ccccc12.[Ti]. The molecule has 8 rings (SSSR count). The van der Waals surface area contributed by atoms with Gasteiger partial charge in [-0.1, -0.05) is 109 Å². The van der Waals surface area contributed by atoms with Crippen molar-refractivity contribution >= 4 is 43.1 Å². The molecule has 0 saturated heterocycles. The Morgan fingerprint density at radius 3 is 1.11 bits per heavy atom. The van der Waals surface area contributed by atoms with Gasteiger partial charge in [-0.25, -0.2) is 0 Å². The summed E-state index contributed by atoms with van der Waals surface area (Å²) in [5, 5.41) is 48.6. The maximum atomic E-state index is 10.4. The molecule has 0 amide bonds.